The van der Waals surface area contributed by atoms with Crippen molar-refractivity contribution in [2.75, 3.05) is 0 Å². The lowest BCUT2D eigenvalue weighted by Crippen LogP contribution is -2.42. The Bertz CT molecular complexity index is 1220. The zero-order chi connectivity index (χ0) is 21.5. The number of hydrogen-bond acceptors (Lipinski definition) is 4. The fourth-order valence-electron chi connectivity index (χ4n) is 4.44. The van der Waals surface area contributed by atoms with Gasteiger partial charge in [0, 0.05) is 30.4 Å². The van der Waals surface area contributed by atoms with Gasteiger partial charge in [0.05, 0.1) is 0 Å². The van der Waals surface area contributed by atoms with Crippen LogP contribution in [0.4, 0.5) is 0 Å². The Morgan fingerprint density at radius 3 is 1.80 bits per heavy atom. The number of rotatable bonds is 3. The van der Waals surface area contributed by atoms with Gasteiger partial charge >= 0.3 is 0 Å². The van der Waals surface area contributed by atoms with Crippen LogP contribution in [0.3, 0.4) is 0 Å². The van der Waals surface area contributed by atoms with Crippen LogP contribution < -0.4 is 10.4 Å². The molecule has 3 aromatic rings. The molecule has 0 saturated carbocycles. The fraction of sp³-hybridized carbons (Fsp3) is 0.154. The number of hydrogen-bond donors (Lipinski definition) is 4. The molecule has 0 bridgehead atoms. The molecule has 4 rings (SSSR count). The van der Waals surface area contributed by atoms with Crippen LogP contribution in [-0.2, 0) is 5.41 Å². The second-order valence-corrected chi connectivity index (χ2v) is 10.1. The van der Waals surface area contributed by atoms with Crippen molar-refractivity contribution in [3.05, 3.63) is 94.4 Å². The van der Waals surface area contributed by atoms with Crippen LogP contribution in [0.15, 0.2) is 92.4 Å². The second-order valence-electron chi connectivity index (χ2n) is 8.11. The normalized spacial score (nSPS) is 18.2. The molecule has 0 radical (unpaired) electrons. The Hall–Kier alpha value is -1.46. The lowest BCUT2D eigenvalue weighted by Gasteiger charge is -2.45. The molecular formula is C26H24S4. The summed E-state index contributed by atoms with van der Waals surface area (Å²) in [6, 6.07) is 20.9. The van der Waals surface area contributed by atoms with E-state index < -0.39 is 5.41 Å². The van der Waals surface area contributed by atoms with Gasteiger partial charge in [-0.2, -0.15) is 0 Å². The highest BCUT2D eigenvalue weighted by Crippen LogP contribution is 2.52. The molecule has 0 heterocycles. The van der Waals surface area contributed by atoms with E-state index in [1.165, 1.54) is 10.4 Å². The highest BCUT2D eigenvalue weighted by molar-refractivity contribution is 7.81. The summed E-state index contributed by atoms with van der Waals surface area (Å²) in [6.45, 7) is 4.56. The first-order valence-corrected chi connectivity index (χ1v) is 11.6. The van der Waals surface area contributed by atoms with Crippen molar-refractivity contribution >= 4 is 62.7 Å². The van der Waals surface area contributed by atoms with Gasteiger partial charge in [-0.15, -0.1) is 50.5 Å². The van der Waals surface area contributed by atoms with Crippen LogP contribution in [-0.4, -0.2) is 0 Å². The second kappa shape index (κ2) is 8.23. The minimum atomic E-state index is -0.439. The molecule has 0 aromatic heterocycles. The van der Waals surface area contributed by atoms with E-state index >= 15 is 0 Å². The van der Waals surface area contributed by atoms with Crippen LogP contribution in [0, 0.1) is 5.41 Å². The average molecular weight is 465 g/mol. The molecule has 1 unspecified atom stereocenters. The molecule has 0 saturated heterocycles. The largest absolute Gasteiger partial charge is 0.143 e. The van der Waals surface area contributed by atoms with Crippen molar-refractivity contribution < 1.29 is 0 Å². The van der Waals surface area contributed by atoms with Crippen molar-refractivity contribution in [1.82, 2.24) is 0 Å². The van der Waals surface area contributed by atoms with Crippen molar-refractivity contribution in [3.63, 3.8) is 0 Å². The zero-order valence-electron chi connectivity index (χ0n) is 16.9. The maximum absolute atomic E-state index is 4.87. The number of allylic oxidation sites excluding steroid dienone is 2. The van der Waals surface area contributed by atoms with E-state index in [1.54, 1.807) is 0 Å². The van der Waals surface area contributed by atoms with Gasteiger partial charge in [0.2, 0.25) is 0 Å². The van der Waals surface area contributed by atoms with Crippen LogP contribution in [0.1, 0.15) is 25.0 Å². The summed E-state index contributed by atoms with van der Waals surface area (Å²) in [5, 5.41) is 2.43. The Kier molecular flexibility index (Phi) is 5.97. The number of thiol groups is 4. The molecular weight excluding hydrogens is 441 g/mol. The van der Waals surface area contributed by atoms with E-state index in [0.717, 1.165) is 30.7 Å². The lowest BCUT2D eigenvalue weighted by atomic mass is 9.58. The third kappa shape index (κ3) is 3.69. The van der Waals surface area contributed by atoms with E-state index in [0.29, 0.717) is 0 Å². The van der Waals surface area contributed by atoms with Crippen LogP contribution in [0.25, 0.3) is 12.2 Å². The fourth-order valence-corrected chi connectivity index (χ4v) is 5.92. The maximum atomic E-state index is 4.87. The first-order valence-electron chi connectivity index (χ1n) is 9.77. The summed E-state index contributed by atoms with van der Waals surface area (Å²) in [7, 11) is 0. The predicted octanol–water partition coefficient (Wildman–Crippen LogP) is 5.98. The summed E-state index contributed by atoms with van der Waals surface area (Å²) in [4.78, 5) is 3.62. The molecule has 1 atom stereocenters. The third-order valence-corrected chi connectivity index (χ3v) is 7.58. The van der Waals surface area contributed by atoms with E-state index in [4.69, 9.17) is 25.3 Å². The van der Waals surface area contributed by atoms with Crippen LogP contribution >= 0.6 is 50.5 Å². The van der Waals surface area contributed by atoms with E-state index in [9.17, 15) is 0 Å². The van der Waals surface area contributed by atoms with Crippen molar-refractivity contribution in [2.45, 2.75) is 38.8 Å². The molecule has 152 valence electrons. The molecule has 1 aliphatic rings. The Balaban J connectivity index is 2.09. The third-order valence-electron chi connectivity index (χ3n) is 6.29. The highest BCUT2D eigenvalue weighted by atomic mass is 32.1. The zero-order valence-corrected chi connectivity index (χ0v) is 20.4. The average Bonchev–Trinajstić information content (AvgIpc) is 2.86. The molecule has 0 fully saturated rings. The van der Waals surface area contributed by atoms with E-state index in [2.05, 4.69) is 99.8 Å². The summed E-state index contributed by atoms with van der Waals surface area (Å²) in [5.74, 6) is 0. The standard InChI is InChI=1S/C26H24S4/c1-25(13-5-8-17-6-3-4-7-18(17)16-25)26(2,21-11-9-19(27)14-23(21)29)22-12-10-20(28)15-24(22)30/h3-16,27-30H,1-2H3. The first kappa shape index (κ1) is 21.8. The SMILES string of the molecule is CC1(C(C)(c2ccc(S)cc2S)c2ccc(S)cc2S)C=CC=c2ccccc2=C1. The minimum absolute atomic E-state index is 0.346. The topological polar surface area (TPSA) is 0 Å². The lowest BCUT2D eigenvalue weighted by molar-refractivity contribution is 0.351. The molecule has 4 heteroatoms. The first-order chi connectivity index (χ1) is 14.2. The van der Waals surface area contributed by atoms with Gasteiger partial charge < -0.3 is 0 Å². The smallest absolute Gasteiger partial charge is 0.0319 e. The van der Waals surface area contributed by atoms with Gasteiger partial charge in [0.15, 0.2) is 0 Å². The molecule has 3 aromatic carbocycles. The molecule has 0 N–H and O–H groups in total. The van der Waals surface area contributed by atoms with Gasteiger partial charge in [-0.25, -0.2) is 0 Å². The van der Waals surface area contributed by atoms with Crippen LogP contribution in [0.2, 0.25) is 0 Å². The van der Waals surface area contributed by atoms with Gasteiger partial charge in [0.1, 0.15) is 0 Å². The highest BCUT2D eigenvalue weighted by Gasteiger charge is 2.46. The van der Waals surface area contributed by atoms with Crippen molar-refractivity contribution in [1.29, 1.82) is 0 Å². The Labute approximate surface area is 200 Å². The monoisotopic (exact) mass is 464 g/mol. The molecule has 0 aliphatic heterocycles. The molecule has 0 nitrogen and oxygen atoms in total. The van der Waals surface area contributed by atoms with E-state index in [1.807, 2.05) is 24.3 Å². The molecule has 30 heavy (non-hydrogen) atoms. The van der Waals surface area contributed by atoms with Crippen LogP contribution in [0.5, 0.6) is 0 Å². The molecule has 0 amide bonds. The quantitative estimate of drug-likeness (QED) is 0.337. The summed E-state index contributed by atoms with van der Waals surface area (Å²) < 4.78 is 0. The maximum Gasteiger partial charge on any atom is 0.0319 e. The van der Waals surface area contributed by atoms with Crippen molar-refractivity contribution in [2.24, 2.45) is 5.41 Å². The number of benzene rings is 3. The molecule has 1 aliphatic carbocycles. The Morgan fingerprint density at radius 1 is 0.733 bits per heavy atom. The summed E-state index contributed by atoms with van der Waals surface area (Å²) in [6.07, 6.45) is 8.99. The number of fused-ring (bicyclic) bond motifs is 1. The molecule has 0 spiro atoms. The predicted molar refractivity (Wildman–Crippen MR) is 140 cm³/mol. The summed E-state index contributed by atoms with van der Waals surface area (Å²) >= 11 is 18.8. The van der Waals surface area contributed by atoms with E-state index in [-0.39, 0.29) is 5.41 Å². The van der Waals surface area contributed by atoms with Gasteiger partial charge in [-0.1, -0.05) is 74.5 Å². The Morgan fingerprint density at radius 2 is 1.27 bits per heavy atom. The van der Waals surface area contributed by atoms with Gasteiger partial charge in [-0.05, 0) is 45.8 Å². The van der Waals surface area contributed by atoms with Crippen molar-refractivity contribution in [3.8, 4) is 0 Å². The summed E-state index contributed by atoms with van der Waals surface area (Å²) in [5.41, 5.74) is 1.48. The van der Waals surface area contributed by atoms with Gasteiger partial charge in [0.25, 0.3) is 0 Å². The minimum Gasteiger partial charge on any atom is -0.143 e. The van der Waals surface area contributed by atoms with Gasteiger partial charge in [-0.3, -0.25) is 0 Å².